The van der Waals surface area contributed by atoms with Crippen LogP contribution in [-0.4, -0.2) is 28.4 Å². The normalized spacial score (nSPS) is 25.0. The Morgan fingerprint density at radius 3 is 2.50 bits per heavy atom. The molecule has 10 heavy (non-hydrogen) atoms. The highest BCUT2D eigenvalue weighted by Crippen LogP contribution is 2.13. The van der Waals surface area contributed by atoms with Gasteiger partial charge in [0.15, 0.2) is 0 Å². The van der Waals surface area contributed by atoms with Gasteiger partial charge in [0.1, 0.15) is 0 Å². The maximum Gasteiger partial charge on any atom is 0.365 e. The van der Waals surface area contributed by atoms with Crippen LogP contribution in [0.3, 0.4) is 0 Å². The molecule has 0 saturated heterocycles. The summed E-state index contributed by atoms with van der Waals surface area (Å²) in [6.45, 7) is 3.58. The van der Waals surface area contributed by atoms with Gasteiger partial charge in [0.25, 0.3) is 0 Å². The molecule has 2 amide bonds. The smallest absolute Gasteiger partial charge is 0.354 e. The maximum atomic E-state index is 10.7. The fraction of sp³-hybridized carbons (Fsp3) is 0.800. The predicted octanol–water partition coefficient (Wildman–Crippen LogP) is 0.558. The van der Waals surface area contributed by atoms with Crippen molar-refractivity contribution in [3.05, 3.63) is 0 Å². The van der Waals surface area contributed by atoms with E-state index in [2.05, 4.69) is 10.2 Å². The summed E-state index contributed by atoms with van der Waals surface area (Å²) in [7, 11) is 0. The number of hydrogen-bond acceptors (Lipinski definition) is 3. The van der Waals surface area contributed by atoms with Crippen molar-refractivity contribution in [3.63, 3.8) is 0 Å². The molecule has 0 aromatic heterocycles. The lowest BCUT2D eigenvalue weighted by Gasteiger charge is -2.20. The Morgan fingerprint density at radius 2 is 2.30 bits per heavy atom. The van der Waals surface area contributed by atoms with Gasteiger partial charge in [-0.3, -0.25) is 4.90 Å². The van der Waals surface area contributed by atoms with Crippen LogP contribution in [0.15, 0.2) is 10.2 Å². The molecule has 0 aliphatic carbocycles. The fourth-order valence-corrected chi connectivity index (χ4v) is 0.795. The topological polar surface area (TPSA) is 65.3 Å². The van der Waals surface area contributed by atoms with Gasteiger partial charge in [-0.1, -0.05) is 5.11 Å². The summed E-state index contributed by atoms with van der Waals surface area (Å²) >= 11 is 0. The van der Waals surface area contributed by atoms with E-state index in [9.17, 15) is 4.79 Å². The number of aliphatic hydroxyl groups is 1. The summed E-state index contributed by atoms with van der Waals surface area (Å²) in [4.78, 5) is 11.9. The predicted molar refractivity (Wildman–Crippen MR) is 33.2 cm³/mol. The first-order valence-electron chi connectivity index (χ1n) is 3.04. The molecule has 1 aliphatic heterocycles. The lowest BCUT2D eigenvalue weighted by atomic mass is 10.3. The molecular weight excluding hydrogens is 134 g/mol. The largest absolute Gasteiger partial charge is 0.365 e. The Balaban J connectivity index is 2.69. The number of rotatable bonds is 1. The van der Waals surface area contributed by atoms with Crippen molar-refractivity contribution < 1.29 is 9.90 Å². The van der Waals surface area contributed by atoms with Gasteiger partial charge in [-0.15, -0.1) is 5.11 Å². The first-order valence-corrected chi connectivity index (χ1v) is 3.04. The zero-order valence-corrected chi connectivity index (χ0v) is 5.85. The number of aliphatic hydroxyl groups excluding tert-OH is 1. The van der Waals surface area contributed by atoms with Crippen LogP contribution in [0.1, 0.15) is 13.8 Å². The molecular formula is C5H9N3O2. The average molecular weight is 143 g/mol. The Morgan fingerprint density at radius 1 is 1.70 bits per heavy atom. The van der Waals surface area contributed by atoms with Crippen LogP contribution in [0, 0.1) is 0 Å². The molecule has 0 aromatic carbocycles. The third kappa shape index (κ3) is 0.995. The summed E-state index contributed by atoms with van der Waals surface area (Å²) < 4.78 is 0. The molecule has 1 N–H and O–H groups in total. The van der Waals surface area contributed by atoms with Gasteiger partial charge in [-0.05, 0) is 13.8 Å². The zero-order chi connectivity index (χ0) is 7.72. The monoisotopic (exact) mass is 143 g/mol. The third-order valence-electron chi connectivity index (χ3n) is 1.27. The number of carbonyl (C=O) groups excluding carboxylic acids is 1. The first-order chi connectivity index (χ1) is 4.63. The number of nitrogens with zero attached hydrogens (tertiary/aromatic N) is 3. The summed E-state index contributed by atoms with van der Waals surface area (Å²) in [6, 6.07) is -0.528. The molecule has 0 spiro atoms. The lowest BCUT2D eigenvalue weighted by molar-refractivity contribution is 0.0371. The van der Waals surface area contributed by atoms with Crippen molar-refractivity contribution in [2.75, 3.05) is 0 Å². The van der Waals surface area contributed by atoms with Crippen molar-refractivity contribution in [1.29, 1.82) is 0 Å². The molecule has 0 bridgehead atoms. The minimum Gasteiger partial charge on any atom is -0.354 e. The van der Waals surface area contributed by atoms with Crippen molar-refractivity contribution in [2.24, 2.45) is 10.2 Å². The lowest BCUT2D eigenvalue weighted by Crippen LogP contribution is -2.38. The molecule has 1 aliphatic rings. The molecule has 5 heteroatoms. The highest BCUT2D eigenvalue weighted by molar-refractivity contribution is 5.76. The van der Waals surface area contributed by atoms with Gasteiger partial charge in [0.2, 0.25) is 6.35 Å². The van der Waals surface area contributed by atoms with Crippen LogP contribution in [0.2, 0.25) is 0 Å². The second kappa shape index (κ2) is 2.34. The maximum absolute atomic E-state index is 10.7. The summed E-state index contributed by atoms with van der Waals surface area (Å²) in [5, 5.41) is 15.4. The molecule has 0 aromatic rings. The number of azo groups is 1. The molecule has 1 unspecified atom stereocenters. The molecule has 1 heterocycles. The van der Waals surface area contributed by atoms with Gasteiger partial charge < -0.3 is 5.11 Å². The van der Waals surface area contributed by atoms with Crippen molar-refractivity contribution in [1.82, 2.24) is 4.90 Å². The van der Waals surface area contributed by atoms with E-state index in [0.717, 1.165) is 0 Å². The minimum atomic E-state index is -1.08. The second-order valence-corrected chi connectivity index (χ2v) is 2.35. The summed E-state index contributed by atoms with van der Waals surface area (Å²) in [5.41, 5.74) is 0. The molecule has 56 valence electrons. The third-order valence-corrected chi connectivity index (χ3v) is 1.27. The van der Waals surface area contributed by atoms with E-state index in [0.29, 0.717) is 0 Å². The van der Waals surface area contributed by atoms with Crippen LogP contribution < -0.4 is 0 Å². The SMILES string of the molecule is CC(C)N1C(=O)N=NC1O. The van der Waals surface area contributed by atoms with E-state index in [4.69, 9.17) is 5.11 Å². The Kier molecular flexibility index (Phi) is 1.67. The summed E-state index contributed by atoms with van der Waals surface area (Å²) in [6.07, 6.45) is -1.08. The van der Waals surface area contributed by atoms with Crippen LogP contribution in [-0.2, 0) is 0 Å². The van der Waals surface area contributed by atoms with E-state index < -0.39 is 12.4 Å². The first kappa shape index (κ1) is 7.14. The average Bonchev–Trinajstić information content (AvgIpc) is 2.11. The minimum absolute atomic E-state index is 0.0579. The van der Waals surface area contributed by atoms with Crippen LogP contribution in [0.4, 0.5) is 4.79 Å². The highest BCUT2D eigenvalue weighted by Gasteiger charge is 2.29. The van der Waals surface area contributed by atoms with E-state index in [1.807, 2.05) is 0 Å². The van der Waals surface area contributed by atoms with Gasteiger partial charge >= 0.3 is 6.03 Å². The van der Waals surface area contributed by atoms with E-state index in [-0.39, 0.29) is 6.04 Å². The van der Waals surface area contributed by atoms with Gasteiger partial charge in [-0.2, -0.15) is 0 Å². The van der Waals surface area contributed by atoms with Crippen LogP contribution >= 0.6 is 0 Å². The quantitative estimate of drug-likeness (QED) is 0.582. The van der Waals surface area contributed by atoms with E-state index in [1.54, 1.807) is 13.8 Å². The Labute approximate surface area is 58.4 Å². The van der Waals surface area contributed by atoms with E-state index >= 15 is 0 Å². The number of carbonyl (C=O) groups is 1. The standard InChI is InChI=1S/C5H9N3O2/c1-3(2)8-4(9)6-7-5(8)10/h3-4,9H,1-2H3. The molecule has 1 rings (SSSR count). The van der Waals surface area contributed by atoms with Crippen LogP contribution in [0.25, 0.3) is 0 Å². The van der Waals surface area contributed by atoms with Gasteiger partial charge in [-0.25, -0.2) is 4.79 Å². The number of hydrogen-bond donors (Lipinski definition) is 1. The fourth-order valence-electron chi connectivity index (χ4n) is 0.795. The second-order valence-electron chi connectivity index (χ2n) is 2.35. The van der Waals surface area contributed by atoms with E-state index in [1.165, 1.54) is 4.90 Å². The molecule has 5 nitrogen and oxygen atoms in total. The number of amides is 2. The molecule has 1 atom stereocenters. The van der Waals surface area contributed by atoms with Crippen molar-refractivity contribution in [2.45, 2.75) is 26.2 Å². The van der Waals surface area contributed by atoms with Gasteiger partial charge in [0.05, 0.1) is 0 Å². The summed E-state index contributed by atoms with van der Waals surface area (Å²) in [5.74, 6) is 0. The van der Waals surface area contributed by atoms with Crippen molar-refractivity contribution >= 4 is 6.03 Å². The van der Waals surface area contributed by atoms with Crippen molar-refractivity contribution in [3.8, 4) is 0 Å². The molecule has 0 saturated carbocycles. The Hall–Kier alpha value is -0.970. The molecule has 0 radical (unpaired) electrons. The Bertz CT molecular complexity index is 178. The highest BCUT2D eigenvalue weighted by atomic mass is 16.3. The number of urea groups is 1. The zero-order valence-electron chi connectivity index (χ0n) is 5.85. The van der Waals surface area contributed by atoms with Crippen LogP contribution in [0.5, 0.6) is 0 Å². The molecule has 0 fully saturated rings. The van der Waals surface area contributed by atoms with Gasteiger partial charge in [0, 0.05) is 6.04 Å².